The van der Waals surface area contributed by atoms with Crippen LogP contribution in [0.1, 0.15) is 28.3 Å². The van der Waals surface area contributed by atoms with Gasteiger partial charge in [-0.15, -0.1) is 0 Å². The highest BCUT2D eigenvalue weighted by Gasteiger charge is 2.33. The van der Waals surface area contributed by atoms with Crippen LogP contribution in [0.25, 0.3) is 0 Å². The summed E-state index contributed by atoms with van der Waals surface area (Å²) in [6.45, 7) is 5.47. The first-order valence-corrected chi connectivity index (χ1v) is 7.71. The summed E-state index contributed by atoms with van der Waals surface area (Å²) in [5.41, 5.74) is 5.74. The van der Waals surface area contributed by atoms with Gasteiger partial charge in [0.15, 0.2) is 0 Å². The molecule has 1 aromatic heterocycles. The van der Waals surface area contributed by atoms with E-state index in [0.717, 1.165) is 26.1 Å². The molecular weight excluding hydrogens is 258 g/mol. The number of hydrogen-bond acceptors (Lipinski definition) is 3. The van der Waals surface area contributed by atoms with Crippen LogP contribution in [0.5, 0.6) is 0 Å². The van der Waals surface area contributed by atoms with Crippen molar-refractivity contribution >= 4 is 5.82 Å². The third-order valence-corrected chi connectivity index (χ3v) is 4.90. The number of rotatable bonds is 0. The summed E-state index contributed by atoms with van der Waals surface area (Å²) in [6.07, 6.45) is 2.93. The molecule has 2 aliphatic heterocycles. The van der Waals surface area contributed by atoms with Crippen molar-refractivity contribution in [3.63, 3.8) is 0 Å². The Kier molecular flexibility index (Phi) is 2.96. The third kappa shape index (κ3) is 2.04. The van der Waals surface area contributed by atoms with E-state index in [1.807, 2.05) is 6.20 Å². The quantitative estimate of drug-likeness (QED) is 0.739. The predicted octanol–water partition coefficient (Wildman–Crippen LogP) is 2.79. The van der Waals surface area contributed by atoms with Gasteiger partial charge in [-0.1, -0.05) is 24.3 Å². The molecule has 1 saturated heterocycles. The van der Waals surface area contributed by atoms with Crippen molar-refractivity contribution in [2.24, 2.45) is 0 Å². The van der Waals surface area contributed by atoms with Crippen molar-refractivity contribution < 1.29 is 0 Å². The zero-order chi connectivity index (χ0) is 14.4. The third-order valence-electron chi connectivity index (χ3n) is 4.90. The van der Waals surface area contributed by atoms with Crippen molar-refractivity contribution in [3.05, 3.63) is 58.8 Å². The predicted molar refractivity (Wildman–Crippen MR) is 85.8 cm³/mol. The van der Waals surface area contributed by atoms with Gasteiger partial charge >= 0.3 is 0 Å². The molecule has 108 valence electrons. The van der Waals surface area contributed by atoms with E-state index in [0.29, 0.717) is 6.04 Å². The molecule has 3 nitrogen and oxygen atoms in total. The lowest BCUT2D eigenvalue weighted by atomic mass is 9.92. The molecule has 2 aromatic rings. The summed E-state index contributed by atoms with van der Waals surface area (Å²) in [6, 6.07) is 11.5. The molecule has 1 atom stereocenters. The summed E-state index contributed by atoms with van der Waals surface area (Å²) in [7, 11) is 2.22. The average Bonchev–Trinajstić information content (AvgIpc) is 2.63. The molecule has 0 bridgehead atoms. The lowest BCUT2D eigenvalue weighted by molar-refractivity contribution is 0.268. The van der Waals surface area contributed by atoms with E-state index in [4.69, 9.17) is 4.98 Å². The van der Waals surface area contributed by atoms with Crippen LogP contribution in [0.4, 0.5) is 5.82 Å². The highest BCUT2D eigenvalue weighted by Crippen LogP contribution is 2.38. The van der Waals surface area contributed by atoms with Gasteiger partial charge in [0.1, 0.15) is 5.82 Å². The molecule has 0 N–H and O–H groups in total. The fourth-order valence-corrected chi connectivity index (χ4v) is 3.74. The van der Waals surface area contributed by atoms with Gasteiger partial charge in [-0.3, -0.25) is 0 Å². The molecule has 3 heteroatoms. The number of nitrogens with zero attached hydrogens (tertiary/aromatic N) is 3. The van der Waals surface area contributed by atoms with Crippen LogP contribution in [-0.4, -0.2) is 36.6 Å². The normalized spacial score (nSPS) is 21.2. The molecular formula is C18H21N3. The minimum Gasteiger partial charge on any atom is -0.347 e. The topological polar surface area (TPSA) is 19.4 Å². The van der Waals surface area contributed by atoms with E-state index < -0.39 is 0 Å². The van der Waals surface area contributed by atoms with Gasteiger partial charge in [0.25, 0.3) is 0 Å². The van der Waals surface area contributed by atoms with Gasteiger partial charge < -0.3 is 9.80 Å². The van der Waals surface area contributed by atoms with Gasteiger partial charge in [-0.25, -0.2) is 4.98 Å². The Balaban J connectivity index is 1.93. The molecule has 1 unspecified atom stereocenters. The molecule has 0 aliphatic carbocycles. The smallest absolute Gasteiger partial charge is 0.132 e. The van der Waals surface area contributed by atoms with Crippen LogP contribution in [0, 0.1) is 6.92 Å². The van der Waals surface area contributed by atoms with Gasteiger partial charge in [0.2, 0.25) is 0 Å². The van der Waals surface area contributed by atoms with Crippen LogP contribution in [0.2, 0.25) is 0 Å². The maximum absolute atomic E-state index is 4.71. The lowest BCUT2D eigenvalue weighted by Crippen LogP contribution is -2.47. The zero-order valence-corrected chi connectivity index (χ0v) is 12.7. The molecule has 0 spiro atoms. The Labute approximate surface area is 126 Å². The van der Waals surface area contributed by atoms with Gasteiger partial charge in [-0.2, -0.15) is 0 Å². The number of benzene rings is 1. The fourth-order valence-electron chi connectivity index (χ4n) is 3.74. The second-order valence-corrected chi connectivity index (χ2v) is 6.28. The Hall–Kier alpha value is -1.87. The van der Waals surface area contributed by atoms with Crippen LogP contribution in [-0.2, 0) is 6.42 Å². The number of piperazine rings is 1. The maximum atomic E-state index is 4.71. The molecule has 0 saturated carbocycles. The van der Waals surface area contributed by atoms with E-state index in [9.17, 15) is 0 Å². The minimum absolute atomic E-state index is 0.426. The van der Waals surface area contributed by atoms with Gasteiger partial charge in [0, 0.05) is 32.3 Å². The summed E-state index contributed by atoms with van der Waals surface area (Å²) >= 11 is 0. The van der Waals surface area contributed by atoms with Crippen molar-refractivity contribution in [1.29, 1.82) is 0 Å². The van der Waals surface area contributed by atoms with Crippen molar-refractivity contribution in [2.75, 3.05) is 31.6 Å². The van der Waals surface area contributed by atoms with E-state index in [1.165, 1.54) is 28.1 Å². The Bertz CT molecular complexity index is 680. The Morgan fingerprint density at radius 1 is 1.14 bits per heavy atom. The number of anilines is 1. The molecule has 0 amide bonds. The monoisotopic (exact) mass is 279 g/mol. The number of hydrogen-bond donors (Lipinski definition) is 0. The second-order valence-electron chi connectivity index (χ2n) is 6.28. The van der Waals surface area contributed by atoms with E-state index >= 15 is 0 Å². The van der Waals surface area contributed by atoms with Crippen LogP contribution in [0.15, 0.2) is 36.5 Å². The van der Waals surface area contributed by atoms with E-state index in [1.54, 1.807) is 0 Å². The van der Waals surface area contributed by atoms with Crippen LogP contribution < -0.4 is 4.90 Å². The largest absolute Gasteiger partial charge is 0.347 e. The summed E-state index contributed by atoms with van der Waals surface area (Å²) < 4.78 is 0. The van der Waals surface area contributed by atoms with Crippen molar-refractivity contribution in [2.45, 2.75) is 19.4 Å². The molecule has 1 fully saturated rings. The van der Waals surface area contributed by atoms with Crippen LogP contribution in [0.3, 0.4) is 0 Å². The highest BCUT2D eigenvalue weighted by atomic mass is 15.3. The lowest BCUT2D eigenvalue weighted by Gasteiger charge is -2.41. The maximum Gasteiger partial charge on any atom is 0.132 e. The molecule has 0 radical (unpaired) electrons. The van der Waals surface area contributed by atoms with E-state index in [-0.39, 0.29) is 0 Å². The zero-order valence-electron chi connectivity index (χ0n) is 12.7. The minimum atomic E-state index is 0.426. The number of fused-ring (bicyclic) bond motifs is 5. The van der Waals surface area contributed by atoms with E-state index in [2.05, 4.69) is 54.1 Å². The second kappa shape index (κ2) is 4.85. The number of likely N-dealkylation sites (N-methyl/N-ethyl adjacent to an activating group) is 1. The van der Waals surface area contributed by atoms with Crippen LogP contribution >= 0.6 is 0 Å². The summed E-state index contributed by atoms with van der Waals surface area (Å²) in [5, 5.41) is 0. The SMILES string of the molecule is Cc1cccc2c1Cc1cccnc1N1CCN(C)CC21. The van der Waals surface area contributed by atoms with Crippen molar-refractivity contribution in [1.82, 2.24) is 9.88 Å². The van der Waals surface area contributed by atoms with Crippen molar-refractivity contribution in [3.8, 4) is 0 Å². The first kappa shape index (κ1) is 12.8. The van der Waals surface area contributed by atoms with Gasteiger partial charge in [0.05, 0.1) is 6.04 Å². The molecule has 3 heterocycles. The number of pyridine rings is 1. The fraction of sp³-hybridized carbons (Fsp3) is 0.389. The highest BCUT2D eigenvalue weighted by molar-refractivity contribution is 5.57. The number of aryl methyl sites for hydroxylation is 1. The molecule has 1 aromatic carbocycles. The first-order chi connectivity index (χ1) is 10.2. The molecule has 2 aliphatic rings. The molecule has 4 rings (SSSR count). The Morgan fingerprint density at radius 2 is 2.05 bits per heavy atom. The Morgan fingerprint density at radius 3 is 2.95 bits per heavy atom. The summed E-state index contributed by atoms with van der Waals surface area (Å²) in [5.74, 6) is 1.19. The average molecular weight is 279 g/mol. The number of aromatic nitrogens is 1. The standard InChI is InChI=1S/C18H21N3/c1-13-5-3-7-15-16(13)11-14-6-4-8-19-18(14)21-10-9-20(2)12-17(15)21/h3-8,17H,9-12H2,1-2H3. The van der Waals surface area contributed by atoms with Gasteiger partial charge in [-0.05, 0) is 42.3 Å². The first-order valence-electron chi connectivity index (χ1n) is 7.71. The molecule has 21 heavy (non-hydrogen) atoms. The summed E-state index contributed by atoms with van der Waals surface area (Å²) in [4.78, 5) is 9.66.